The number of carbonyl (C=O) groups excluding carboxylic acids is 1. The van der Waals surface area contributed by atoms with E-state index in [0.29, 0.717) is 13.2 Å². The minimum Gasteiger partial charge on any atom is -0.383 e. The molecule has 1 aromatic rings. The molecule has 0 aliphatic carbocycles. The maximum atomic E-state index is 11.0. The largest absolute Gasteiger partial charge is 0.383 e. The molecule has 0 aromatic heterocycles. The van der Waals surface area contributed by atoms with Crippen molar-refractivity contribution >= 4 is 5.91 Å². The van der Waals surface area contributed by atoms with Crippen molar-refractivity contribution in [2.75, 3.05) is 20.3 Å². The third-order valence-corrected chi connectivity index (χ3v) is 2.34. The molecule has 0 aliphatic rings. The fraction of sp³-hybridized carbons (Fsp3) is 0.462. The molecule has 17 heavy (non-hydrogen) atoms. The van der Waals surface area contributed by atoms with E-state index in [-0.39, 0.29) is 11.9 Å². The lowest BCUT2D eigenvalue weighted by molar-refractivity contribution is -0.120. The highest BCUT2D eigenvalue weighted by molar-refractivity contribution is 5.73. The molecule has 94 valence electrons. The standard InChI is InChI=1S/C13H20N2O2/c1-11(16)15-13(10-17-2)9-14-8-12-6-4-3-5-7-12/h3-7,13-14H,8-10H2,1-2H3,(H,15,16). The Kier molecular flexibility index (Phi) is 6.29. The zero-order valence-corrected chi connectivity index (χ0v) is 10.4. The Morgan fingerprint density at radius 3 is 2.65 bits per heavy atom. The molecule has 0 radical (unpaired) electrons. The zero-order chi connectivity index (χ0) is 12.5. The number of nitrogens with one attached hydrogen (secondary N) is 2. The number of hydrogen-bond donors (Lipinski definition) is 2. The fourth-order valence-corrected chi connectivity index (χ4v) is 1.63. The molecule has 0 spiro atoms. The van der Waals surface area contributed by atoms with Crippen LogP contribution in [0.5, 0.6) is 0 Å². The van der Waals surface area contributed by atoms with Crippen LogP contribution in [0.3, 0.4) is 0 Å². The van der Waals surface area contributed by atoms with Gasteiger partial charge in [0, 0.05) is 27.1 Å². The van der Waals surface area contributed by atoms with Crippen LogP contribution in [0.25, 0.3) is 0 Å². The van der Waals surface area contributed by atoms with Gasteiger partial charge in [-0.3, -0.25) is 4.79 Å². The van der Waals surface area contributed by atoms with Crippen molar-refractivity contribution in [2.24, 2.45) is 0 Å². The first-order valence-electron chi connectivity index (χ1n) is 5.73. The van der Waals surface area contributed by atoms with Gasteiger partial charge in [-0.25, -0.2) is 0 Å². The summed E-state index contributed by atoms with van der Waals surface area (Å²) in [6.45, 7) is 3.52. The summed E-state index contributed by atoms with van der Waals surface area (Å²) < 4.78 is 5.05. The molecular formula is C13H20N2O2. The van der Waals surface area contributed by atoms with E-state index < -0.39 is 0 Å². The van der Waals surface area contributed by atoms with Crippen molar-refractivity contribution in [2.45, 2.75) is 19.5 Å². The Morgan fingerprint density at radius 2 is 2.06 bits per heavy atom. The van der Waals surface area contributed by atoms with Gasteiger partial charge >= 0.3 is 0 Å². The molecule has 1 rings (SSSR count). The first kappa shape index (κ1) is 13.7. The van der Waals surface area contributed by atoms with Crippen molar-refractivity contribution in [3.63, 3.8) is 0 Å². The SMILES string of the molecule is COCC(CNCc1ccccc1)NC(C)=O. The average molecular weight is 236 g/mol. The highest BCUT2D eigenvalue weighted by atomic mass is 16.5. The minimum absolute atomic E-state index is 0.0150. The van der Waals surface area contributed by atoms with E-state index in [1.165, 1.54) is 12.5 Å². The molecule has 1 atom stereocenters. The van der Waals surface area contributed by atoms with Crippen LogP contribution >= 0.6 is 0 Å². The second-order valence-electron chi connectivity index (χ2n) is 3.97. The van der Waals surface area contributed by atoms with Crippen molar-refractivity contribution < 1.29 is 9.53 Å². The Hall–Kier alpha value is -1.39. The van der Waals surface area contributed by atoms with Gasteiger partial charge in [0.25, 0.3) is 0 Å². The monoisotopic (exact) mass is 236 g/mol. The number of rotatable bonds is 7. The molecule has 0 saturated carbocycles. The van der Waals surface area contributed by atoms with E-state index in [0.717, 1.165) is 6.54 Å². The summed E-state index contributed by atoms with van der Waals surface area (Å²) in [6.07, 6.45) is 0. The Balaban J connectivity index is 2.29. The highest BCUT2D eigenvalue weighted by Gasteiger charge is 2.08. The van der Waals surface area contributed by atoms with Gasteiger partial charge in [-0.15, -0.1) is 0 Å². The summed E-state index contributed by atoms with van der Waals surface area (Å²) in [5, 5.41) is 6.14. The van der Waals surface area contributed by atoms with Gasteiger partial charge in [-0.2, -0.15) is 0 Å². The van der Waals surface area contributed by atoms with Gasteiger partial charge in [0.1, 0.15) is 0 Å². The predicted molar refractivity (Wildman–Crippen MR) is 67.6 cm³/mol. The van der Waals surface area contributed by atoms with Gasteiger partial charge in [0.15, 0.2) is 0 Å². The van der Waals surface area contributed by atoms with Gasteiger partial charge in [0.2, 0.25) is 5.91 Å². The molecule has 4 heteroatoms. The van der Waals surface area contributed by atoms with Gasteiger partial charge in [-0.1, -0.05) is 30.3 Å². The van der Waals surface area contributed by atoms with E-state index in [9.17, 15) is 4.79 Å². The van der Waals surface area contributed by atoms with Crippen LogP contribution in [-0.2, 0) is 16.1 Å². The first-order chi connectivity index (χ1) is 8.22. The van der Waals surface area contributed by atoms with Crippen LogP contribution in [0.2, 0.25) is 0 Å². The summed E-state index contributed by atoms with van der Waals surface area (Å²) in [6, 6.07) is 10.2. The molecular weight excluding hydrogens is 216 g/mol. The van der Waals surface area contributed by atoms with Crippen LogP contribution in [0.15, 0.2) is 30.3 Å². The molecule has 1 amide bonds. The van der Waals surface area contributed by atoms with Crippen molar-refractivity contribution in [3.05, 3.63) is 35.9 Å². The summed E-state index contributed by atoms with van der Waals surface area (Å²) in [5.41, 5.74) is 1.23. The second kappa shape index (κ2) is 7.81. The summed E-state index contributed by atoms with van der Waals surface area (Å²) in [4.78, 5) is 11.0. The van der Waals surface area contributed by atoms with Crippen LogP contribution < -0.4 is 10.6 Å². The number of carbonyl (C=O) groups is 1. The summed E-state index contributed by atoms with van der Waals surface area (Å²) >= 11 is 0. The topological polar surface area (TPSA) is 50.4 Å². The van der Waals surface area contributed by atoms with Gasteiger partial charge in [-0.05, 0) is 5.56 Å². The minimum atomic E-state index is -0.0337. The van der Waals surface area contributed by atoms with E-state index in [1.807, 2.05) is 18.2 Å². The summed E-state index contributed by atoms with van der Waals surface area (Å²) in [5.74, 6) is -0.0337. The maximum Gasteiger partial charge on any atom is 0.217 e. The van der Waals surface area contributed by atoms with E-state index in [4.69, 9.17) is 4.74 Å². The smallest absolute Gasteiger partial charge is 0.217 e. The van der Waals surface area contributed by atoms with Crippen molar-refractivity contribution in [1.82, 2.24) is 10.6 Å². The third kappa shape index (κ3) is 6.04. The molecule has 0 aliphatic heterocycles. The third-order valence-electron chi connectivity index (χ3n) is 2.34. The van der Waals surface area contributed by atoms with E-state index in [1.54, 1.807) is 7.11 Å². The van der Waals surface area contributed by atoms with Crippen molar-refractivity contribution in [3.8, 4) is 0 Å². The van der Waals surface area contributed by atoms with Crippen molar-refractivity contribution in [1.29, 1.82) is 0 Å². The average Bonchev–Trinajstić information content (AvgIpc) is 2.30. The molecule has 0 fully saturated rings. The number of methoxy groups -OCH3 is 1. The Bertz CT molecular complexity index is 327. The number of hydrogen-bond acceptors (Lipinski definition) is 3. The molecule has 0 heterocycles. The zero-order valence-electron chi connectivity index (χ0n) is 10.4. The highest BCUT2D eigenvalue weighted by Crippen LogP contribution is 1.97. The van der Waals surface area contributed by atoms with E-state index in [2.05, 4.69) is 22.8 Å². The normalized spacial score (nSPS) is 12.1. The van der Waals surface area contributed by atoms with Crippen LogP contribution in [0.1, 0.15) is 12.5 Å². The molecule has 1 aromatic carbocycles. The molecule has 0 bridgehead atoms. The number of ether oxygens (including phenoxy) is 1. The molecule has 2 N–H and O–H groups in total. The molecule has 0 saturated heterocycles. The maximum absolute atomic E-state index is 11.0. The molecule has 1 unspecified atom stereocenters. The van der Waals surface area contributed by atoms with E-state index >= 15 is 0 Å². The lowest BCUT2D eigenvalue weighted by atomic mass is 10.2. The first-order valence-corrected chi connectivity index (χ1v) is 5.73. The Morgan fingerprint density at radius 1 is 1.35 bits per heavy atom. The van der Waals surface area contributed by atoms with Crippen LogP contribution in [0, 0.1) is 0 Å². The van der Waals surface area contributed by atoms with Gasteiger partial charge < -0.3 is 15.4 Å². The molecule has 4 nitrogen and oxygen atoms in total. The quantitative estimate of drug-likeness (QED) is 0.740. The summed E-state index contributed by atoms with van der Waals surface area (Å²) in [7, 11) is 1.63. The fourth-order valence-electron chi connectivity index (χ4n) is 1.63. The lowest BCUT2D eigenvalue weighted by Gasteiger charge is -2.17. The van der Waals surface area contributed by atoms with Crippen LogP contribution in [-0.4, -0.2) is 32.2 Å². The van der Waals surface area contributed by atoms with Gasteiger partial charge in [0.05, 0.1) is 12.6 Å². The predicted octanol–water partition coefficient (Wildman–Crippen LogP) is 0.927. The second-order valence-corrected chi connectivity index (χ2v) is 3.97. The number of benzene rings is 1. The lowest BCUT2D eigenvalue weighted by Crippen LogP contribution is -2.43. The number of amides is 1. The van der Waals surface area contributed by atoms with Crippen LogP contribution in [0.4, 0.5) is 0 Å². The Labute approximate surface area is 102 Å².